The summed E-state index contributed by atoms with van der Waals surface area (Å²) >= 11 is 0. The molecule has 0 aliphatic heterocycles. The van der Waals surface area contributed by atoms with E-state index in [-0.39, 0.29) is 17.0 Å². The number of carboxylic acids is 1. The molecule has 0 radical (unpaired) electrons. The summed E-state index contributed by atoms with van der Waals surface area (Å²) in [7, 11) is -3.81. The molecule has 0 aliphatic carbocycles. The average molecular weight is 287 g/mol. The first-order valence-corrected chi connectivity index (χ1v) is 7.30. The normalized spacial score (nSPS) is 13.2. The van der Waals surface area contributed by atoms with Crippen molar-refractivity contribution in [3.05, 3.63) is 29.3 Å². The molecule has 0 bridgehead atoms. The lowest BCUT2D eigenvalue weighted by Crippen LogP contribution is -2.30. The molecule has 0 fully saturated rings. The van der Waals surface area contributed by atoms with Crippen molar-refractivity contribution in [3.63, 3.8) is 0 Å². The van der Waals surface area contributed by atoms with Gasteiger partial charge in [0.05, 0.1) is 16.6 Å². The highest BCUT2D eigenvalue weighted by Crippen LogP contribution is 2.17. The average Bonchev–Trinajstić information content (AvgIpc) is 2.35. The second-order valence-electron chi connectivity index (χ2n) is 4.18. The number of aliphatic hydroxyl groups excluding tert-OH is 1. The molecule has 1 rings (SSSR count). The van der Waals surface area contributed by atoms with Gasteiger partial charge in [0.25, 0.3) is 0 Å². The molecule has 106 valence electrons. The molecule has 0 saturated carbocycles. The highest BCUT2D eigenvalue weighted by molar-refractivity contribution is 7.89. The van der Waals surface area contributed by atoms with Crippen molar-refractivity contribution in [2.75, 3.05) is 6.54 Å². The van der Waals surface area contributed by atoms with Crippen LogP contribution >= 0.6 is 0 Å². The second kappa shape index (κ2) is 6.14. The summed E-state index contributed by atoms with van der Waals surface area (Å²) in [6.45, 7) is 3.12. The maximum atomic E-state index is 11.9. The number of sulfonamides is 1. The number of carbonyl (C=O) groups is 1. The lowest BCUT2D eigenvalue weighted by molar-refractivity contribution is 0.0695. The highest BCUT2D eigenvalue weighted by Gasteiger charge is 2.18. The van der Waals surface area contributed by atoms with E-state index in [2.05, 4.69) is 4.72 Å². The number of benzene rings is 1. The fraction of sp³-hybridized carbons (Fsp3) is 0.417. The molecule has 3 N–H and O–H groups in total. The third kappa shape index (κ3) is 4.02. The van der Waals surface area contributed by atoms with E-state index < -0.39 is 22.1 Å². The van der Waals surface area contributed by atoms with Crippen molar-refractivity contribution in [1.29, 1.82) is 0 Å². The first-order valence-electron chi connectivity index (χ1n) is 5.82. The fourth-order valence-corrected chi connectivity index (χ4v) is 2.69. The second-order valence-corrected chi connectivity index (χ2v) is 5.95. The number of aromatic carboxylic acids is 1. The quantitative estimate of drug-likeness (QED) is 0.711. The van der Waals surface area contributed by atoms with Crippen LogP contribution in [0.5, 0.6) is 0 Å². The Hall–Kier alpha value is -1.44. The van der Waals surface area contributed by atoms with Crippen LogP contribution in [-0.2, 0) is 16.4 Å². The SMILES string of the molecule is CCc1ccc(S(=O)(=O)NC[C@H](C)O)cc1C(=O)O. The summed E-state index contributed by atoms with van der Waals surface area (Å²) < 4.78 is 26.0. The zero-order chi connectivity index (χ0) is 14.6. The number of aliphatic hydroxyl groups is 1. The van der Waals surface area contributed by atoms with E-state index in [0.717, 1.165) is 6.07 Å². The van der Waals surface area contributed by atoms with E-state index in [1.54, 1.807) is 6.92 Å². The molecule has 1 atom stereocenters. The summed E-state index contributed by atoms with van der Waals surface area (Å²) in [5, 5.41) is 18.1. The number of hydrogen-bond acceptors (Lipinski definition) is 4. The lowest BCUT2D eigenvalue weighted by Gasteiger charge is -2.10. The molecule has 0 aliphatic rings. The molecule has 1 aromatic carbocycles. The van der Waals surface area contributed by atoms with Crippen LogP contribution in [0.15, 0.2) is 23.1 Å². The molecule has 0 aromatic heterocycles. The van der Waals surface area contributed by atoms with Crippen molar-refractivity contribution < 1.29 is 23.4 Å². The Morgan fingerprint density at radius 1 is 1.42 bits per heavy atom. The van der Waals surface area contributed by atoms with Gasteiger partial charge in [0.2, 0.25) is 10.0 Å². The number of aryl methyl sites for hydroxylation is 1. The Morgan fingerprint density at radius 3 is 2.53 bits per heavy atom. The third-order valence-corrected chi connectivity index (χ3v) is 3.99. The zero-order valence-corrected chi connectivity index (χ0v) is 11.6. The third-order valence-electron chi connectivity index (χ3n) is 2.57. The summed E-state index contributed by atoms with van der Waals surface area (Å²) in [5.41, 5.74) is 0.546. The summed E-state index contributed by atoms with van der Waals surface area (Å²) in [5.74, 6) is -1.16. The molecular formula is C12H17NO5S. The number of hydrogen-bond donors (Lipinski definition) is 3. The molecule has 19 heavy (non-hydrogen) atoms. The Balaban J connectivity index is 3.14. The number of nitrogens with one attached hydrogen (secondary N) is 1. The van der Waals surface area contributed by atoms with Crippen LogP contribution in [0.25, 0.3) is 0 Å². The van der Waals surface area contributed by atoms with E-state index in [4.69, 9.17) is 10.2 Å². The standard InChI is InChI=1S/C12H17NO5S/c1-3-9-4-5-10(6-11(9)12(15)16)19(17,18)13-7-8(2)14/h4-6,8,13-14H,3,7H2,1-2H3,(H,15,16)/t8-/m0/s1. The van der Waals surface area contributed by atoms with E-state index in [1.165, 1.54) is 19.1 Å². The molecule has 7 heteroatoms. The first-order chi connectivity index (χ1) is 8.77. The van der Waals surface area contributed by atoms with Crippen molar-refractivity contribution in [1.82, 2.24) is 4.72 Å². The lowest BCUT2D eigenvalue weighted by atomic mass is 10.1. The molecule has 0 amide bonds. The minimum atomic E-state index is -3.81. The minimum Gasteiger partial charge on any atom is -0.478 e. The molecule has 0 unspecified atom stereocenters. The van der Waals surface area contributed by atoms with Gasteiger partial charge in [0.15, 0.2) is 0 Å². The van der Waals surface area contributed by atoms with Gasteiger partial charge in [0, 0.05) is 6.54 Å². The van der Waals surface area contributed by atoms with Crippen LogP contribution in [0.1, 0.15) is 29.8 Å². The first kappa shape index (κ1) is 15.6. The Bertz CT molecular complexity index is 565. The topological polar surface area (TPSA) is 104 Å². The molecule has 0 spiro atoms. The number of carboxylic acid groups (broad SMARTS) is 1. The predicted molar refractivity (Wildman–Crippen MR) is 69.6 cm³/mol. The van der Waals surface area contributed by atoms with E-state index in [1.807, 2.05) is 0 Å². The van der Waals surface area contributed by atoms with Crippen LogP contribution in [0, 0.1) is 0 Å². The smallest absolute Gasteiger partial charge is 0.336 e. The van der Waals surface area contributed by atoms with Crippen molar-refractivity contribution >= 4 is 16.0 Å². The fourth-order valence-electron chi connectivity index (χ4n) is 1.54. The Morgan fingerprint density at radius 2 is 2.05 bits per heavy atom. The molecule has 0 saturated heterocycles. The van der Waals surface area contributed by atoms with Crippen molar-refractivity contribution in [2.45, 2.75) is 31.3 Å². The zero-order valence-electron chi connectivity index (χ0n) is 10.8. The van der Waals surface area contributed by atoms with Gasteiger partial charge in [-0.2, -0.15) is 0 Å². The van der Waals surface area contributed by atoms with Crippen molar-refractivity contribution in [3.8, 4) is 0 Å². The van der Waals surface area contributed by atoms with Crippen LogP contribution < -0.4 is 4.72 Å². The summed E-state index contributed by atoms with van der Waals surface area (Å²) in [6, 6.07) is 3.97. The molecule has 6 nitrogen and oxygen atoms in total. The summed E-state index contributed by atoms with van der Waals surface area (Å²) in [4.78, 5) is 10.9. The van der Waals surface area contributed by atoms with Crippen LogP contribution in [0.2, 0.25) is 0 Å². The summed E-state index contributed by atoms with van der Waals surface area (Å²) in [6.07, 6.45) is -0.313. The van der Waals surface area contributed by atoms with Gasteiger partial charge in [-0.15, -0.1) is 0 Å². The van der Waals surface area contributed by atoms with Crippen molar-refractivity contribution in [2.24, 2.45) is 0 Å². The van der Waals surface area contributed by atoms with E-state index >= 15 is 0 Å². The number of rotatable bonds is 6. The Kier molecular flexibility index (Phi) is 5.04. The van der Waals surface area contributed by atoms with Crippen LogP contribution in [-0.4, -0.2) is 37.2 Å². The monoisotopic (exact) mass is 287 g/mol. The largest absolute Gasteiger partial charge is 0.478 e. The molecule has 1 aromatic rings. The van der Waals surface area contributed by atoms with E-state index in [0.29, 0.717) is 12.0 Å². The van der Waals surface area contributed by atoms with Crippen LogP contribution in [0.4, 0.5) is 0 Å². The van der Waals surface area contributed by atoms with E-state index in [9.17, 15) is 13.2 Å². The maximum Gasteiger partial charge on any atom is 0.336 e. The predicted octanol–water partition coefficient (Wildman–Crippen LogP) is 0.606. The maximum absolute atomic E-state index is 11.9. The van der Waals surface area contributed by atoms with Gasteiger partial charge in [0.1, 0.15) is 0 Å². The Labute approximate surface area is 112 Å². The van der Waals surface area contributed by atoms with Gasteiger partial charge in [-0.1, -0.05) is 13.0 Å². The van der Waals surface area contributed by atoms with Crippen LogP contribution in [0.3, 0.4) is 0 Å². The van der Waals surface area contributed by atoms with Gasteiger partial charge >= 0.3 is 5.97 Å². The minimum absolute atomic E-state index is 0.0255. The van der Waals surface area contributed by atoms with Gasteiger partial charge in [-0.25, -0.2) is 17.9 Å². The van der Waals surface area contributed by atoms with Gasteiger partial charge < -0.3 is 10.2 Å². The molecule has 0 heterocycles. The van der Waals surface area contributed by atoms with Gasteiger partial charge in [-0.05, 0) is 31.0 Å². The molecular weight excluding hydrogens is 270 g/mol. The highest BCUT2D eigenvalue weighted by atomic mass is 32.2. The van der Waals surface area contributed by atoms with Gasteiger partial charge in [-0.3, -0.25) is 0 Å².